The van der Waals surface area contributed by atoms with E-state index in [0.29, 0.717) is 11.6 Å². The number of hydrogen-bond donors (Lipinski definition) is 0. The van der Waals surface area contributed by atoms with Crippen LogP contribution in [0.15, 0.2) is 6.07 Å². The highest BCUT2D eigenvalue weighted by Crippen LogP contribution is 2.20. The second kappa shape index (κ2) is 3.67. The van der Waals surface area contributed by atoms with Crippen LogP contribution in [0.3, 0.4) is 0 Å². The molecule has 4 heteroatoms. The third-order valence-corrected chi connectivity index (χ3v) is 2.58. The smallest absolute Gasteiger partial charge is 0.357 e. The zero-order chi connectivity index (χ0) is 9.14. The molecule has 0 atom stereocenters. The molecule has 0 aliphatic heterocycles. The molecule has 1 rings (SSSR count). The van der Waals surface area contributed by atoms with Gasteiger partial charge in [0.15, 0.2) is 5.69 Å². The number of carbonyl (C=O) groups is 1. The zero-order valence-electron chi connectivity index (χ0n) is 7.33. The molecule has 66 valence electrons. The van der Waals surface area contributed by atoms with Gasteiger partial charge in [-0.25, -0.2) is 4.79 Å². The summed E-state index contributed by atoms with van der Waals surface area (Å²) in [6, 6.07) is 1.78. The molecule has 0 bridgehead atoms. The van der Waals surface area contributed by atoms with Crippen LogP contribution in [0.1, 0.15) is 35.1 Å². The van der Waals surface area contributed by atoms with Crippen molar-refractivity contribution in [2.24, 2.45) is 0 Å². The summed E-state index contributed by atoms with van der Waals surface area (Å²) in [4.78, 5) is 12.1. The summed E-state index contributed by atoms with van der Waals surface area (Å²) in [5.41, 5.74) is 0.409. The van der Waals surface area contributed by atoms with Crippen LogP contribution in [0.25, 0.3) is 0 Å². The van der Waals surface area contributed by atoms with Crippen LogP contribution in [0, 0.1) is 0 Å². The lowest BCUT2D eigenvalue weighted by Crippen LogP contribution is -2.00. The molecule has 0 radical (unpaired) electrons. The van der Waals surface area contributed by atoms with E-state index in [1.807, 2.05) is 0 Å². The summed E-state index contributed by atoms with van der Waals surface area (Å²) in [5.74, 6) is 0.0547. The number of rotatable bonds is 2. The van der Waals surface area contributed by atoms with Crippen molar-refractivity contribution in [3.05, 3.63) is 16.6 Å². The average molecular weight is 185 g/mol. The van der Waals surface area contributed by atoms with Gasteiger partial charge in [-0.3, -0.25) is 0 Å². The van der Waals surface area contributed by atoms with Crippen molar-refractivity contribution in [2.75, 3.05) is 7.11 Å². The molecule has 0 amide bonds. The fourth-order valence-electron chi connectivity index (χ4n) is 0.762. The van der Waals surface area contributed by atoms with Crippen LogP contribution in [-0.4, -0.2) is 17.5 Å². The molecule has 3 nitrogen and oxygen atoms in total. The number of methoxy groups -OCH3 is 1. The molecule has 1 heterocycles. The maximum absolute atomic E-state index is 11.0. The van der Waals surface area contributed by atoms with Gasteiger partial charge in [0.25, 0.3) is 0 Å². The third kappa shape index (κ3) is 1.82. The van der Waals surface area contributed by atoms with E-state index in [4.69, 9.17) is 0 Å². The first-order valence-electron chi connectivity index (χ1n) is 3.70. The fourth-order valence-corrected chi connectivity index (χ4v) is 1.47. The molecule has 0 saturated carbocycles. The van der Waals surface area contributed by atoms with Gasteiger partial charge < -0.3 is 4.74 Å². The van der Waals surface area contributed by atoms with Crippen LogP contribution in [-0.2, 0) is 4.74 Å². The Hall–Kier alpha value is -0.900. The van der Waals surface area contributed by atoms with Crippen molar-refractivity contribution < 1.29 is 9.53 Å². The molecule has 1 aromatic heterocycles. The van der Waals surface area contributed by atoms with Gasteiger partial charge in [-0.1, -0.05) is 13.8 Å². The highest BCUT2D eigenvalue weighted by Gasteiger charge is 2.11. The first-order valence-corrected chi connectivity index (χ1v) is 4.47. The SMILES string of the molecule is COC(=O)c1cc(C(C)C)sn1. The number of ether oxygens (including phenoxy) is 1. The summed E-state index contributed by atoms with van der Waals surface area (Å²) in [6.07, 6.45) is 0. The lowest BCUT2D eigenvalue weighted by atomic mass is 10.2. The molecule has 0 saturated heterocycles. The molecule has 0 fully saturated rings. The average Bonchev–Trinajstić information content (AvgIpc) is 2.51. The third-order valence-electron chi connectivity index (χ3n) is 1.49. The van der Waals surface area contributed by atoms with E-state index in [1.54, 1.807) is 6.07 Å². The van der Waals surface area contributed by atoms with Gasteiger partial charge in [-0.05, 0) is 23.5 Å². The van der Waals surface area contributed by atoms with E-state index >= 15 is 0 Å². The van der Waals surface area contributed by atoms with Crippen molar-refractivity contribution in [3.63, 3.8) is 0 Å². The van der Waals surface area contributed by atoms with Crippen LogP contribution >= 0.6 is 11.5 Å². The Balaban J connectivity index is 2.84. The molecular weight excluding hydrogens is 174 g/mol. The Labute approximate surface area is 75.5 Å². The molecule has 1 aromatic rings. The van der Waals surface area contributed by atoms with Gasteiger partial charge in [0, 0.05) is 4.88 Å². The fraction of sp³-hybridized carbons (Fsp3) is 0.500. The van der Waals surface area contributed by atoms with Gasteiger partial charge >= 0.3 is 5.97 Å². The number of aromatic nitrogens is 1. The van der Waals surface area contributed by atoms with Crippen molar-refractivity contribution in [1.82, 2.24) is 4.37 Å². The number of carbonyl (C=O) groups excluding carboxylic acids is 1. The van der Waals surface area contributed by atoms with Crippen LogP contribution in [0.2, 0.25) is 0 Å². The van der Waals surface area contributed by atoms with Crippen molar-refractivity contribution in [3.8, 4) is 0 Å². The second-order valence-electron chi connectivity index (χ2n) is 2.76. The maximum atomic E-state index is 11.0. The van der Waals surface area contributed by atoms with E-state index in [0.717, 1.165) is 4.88 Å². The van der Waals surface area contributed by atoms with Crippen LogP contribution in [0.4, 0.5) is 0 Å². The standard InChI is InChI=1S/C8H11NO2S/c1-5(2)7-4-6(9-12-7)8(10)11-3/h4-5H,1-3H3. The predicted octanol–water partition coefficient (Wildman–Crippen LogP) is 2.05. The summed E-state index contributed by atoms with van der Waals surface area (Å²) < 4.78 is 8.51. The molecule has 0 N–H and O–H groups in total. The number of nitrogens with zero attached hydrogens (tertiary/aromatic N) is 1. The first kappa shape index (κ1) is 9.19. The quantitative estimate of drug-likeness (QED) is 0.662. The topological polar surface area (TPSA) is 39.2 Å². The van der Waals surface area contributed by atoms with Crippen LogP contribution in [0.5, 0.6) is 0 Å². The maximum Gasteiger partial charge on any atom is 0.357 e. The molecule has 12 heavy (non-hydrogen) atoms. The Morgan fingerprint density at radius 3 is 2.75 bits per heavy atom. The van der Waals surface area contributed by atoms with Crippen LogP contribution < -0.4 is 0 Å². The van der Waals surface area contributed by atoms with Gasteiger partial charge in [-0.15, -0.1) is 0 Å². The molecule has 0 aliphatic rings. The number of hydrogen-bond acceptors (Lipinski definition) is 4. The highest BCUT2D eigenvalue weighted by molar-refractivity contribution is 7.06. The molecule has 0 spiro atoms. The molecule has 0 aromatic carbocycles. The minimum absolute atomic E-state index is 0.363. The predicted molar refractivity (Wildman–Crippen MR) is 47.5 cm³/mol. The Morgan fingerprint density at radius 1 is 1.67 bits per heavy atom. The zero-order valence-corrected chi connectivity index (χ0v) is 8.14. The largest absolute Gasteiger partial charge is 0.464 e. The minimum atomic E-state index is -0.363. The summed E-state index contributed by atoms with van der Waals surface area (Å²) in [7, 11) is 1.36. The van der Waals surface area contributed by atoms with Gasteiger partial charge in [0.2, 0.25) is 0 Å². The van der Waals surface area contributed by atoms with Crippen molar-refractivity contribution in [1.29, 1.82) is 0 Å². The number of esters is 1. The second-order valence-corrected chi connectivity index (χ2v) is 3.60. The lowest BCUT2D eigenvalue weighted by molar-refractivity contribution is 0.0595. The van der Waals surface area contributed by atoms with Gasteiger partial charge in [-0.2, -0.15) is 4.37 Å². The van der Waals surface area contributed by atoms with Gasteiger partial charge in [0.1, 0.15) is 0 Å². The molecular formula is C8H11NO2S. The molecule has 0 aliphatic carbocycles. The first-order chi connectivity index (χ1) is 5.65. The monoisotopic (exact) mass is 185 g/mol. The summed E-state index contributed by atoms with van der Waals surface area (Å²) in [6.45, 7) is 4.13. The van der Waals surface area contributed by atoms with Gasteiger partial charge in [0.05, 0.1) is 7.11 Å². The van der Waals surface area contributed by atoms with E-state index < -0.39 is 0 Å². The summed E-state index contributed by atoms with van der Waals surface area (Å²) in [5, 5.41) is 0. The Kier molecular flexibility index (Phi) is 2.81. The van der Waals surface area contributed by atoms with E-state index in [-0.39, 0.29) is 5.97 Å². The van der Waals surface area contributed by atoms with Crippen molar-refractivity contribution >= 4 is 17.5 Å². The lowest BCUT2D eigenvalue weighted by Gasteiger charge is -1.95. The van der Waals surface area contributed by atoms with Crippen molar-refractivity contribution in [2.45, 2.75) is 19.8 Å². The Morgan fingerprint density at radius 2 is 2.33 bits per heavy atom. The van der Waals surface area contributed by atoms with E-state index in [2.05, 4.69) is 23.0 Å². The molecule has 0 unspecified atom stereocenters. The van der Waals surface area contributed by atoms with E-state index in [1.165, 1.54) is 18.6 Å². The Bertz CT molecular complexity index is 280. The summed E-state index contributed by atoms with van der Waals surface area (Å²) >= 11 is 1.35. The minimum Gasteiger partial charge on any atom is -0.464 e. The normalized spacial score (nSPS) is 10.3. The van der Waals surface area contributed by atoms with E-state index in [9.17, 15) is 4.79 Å². The highest BCUT2D eigenvalue weighted by atomic mass is 32.1.